The van der Waals surface area contributed by atoms with E-state index in [0.717, 1.165) is 16.3 Å². The molecule has 0 bridgehead atoms. The van der Waals surface area contributed by atoms with Crippen molar-refractivity contribution in [2.24, 2.45) is 5.92 Å². The Balaban J connectivity index is 1.74. The lowest BCUT2D eigenvalue weighted by molar-refractivity contribution is -0.115. The molecule has 3 aromatic rings. The van der Waals surface area contributed by atoms with Crippen LogP contribution in [0.1, 0.15) is 29.8 Å². The maximum atomic E-state index is 12.6. The quantitative estimate of drug-likeness (QED) is 0.613. The summed E-state index contributed by atoms with van der Waals surface area (Å²) in [5.41, 5.74) is 1.84. The zero-order valence-electron chi connectivity index (χ0n) is 16.0. The van der Waals surface area contributed by atoms with Gasteiger partial charge in [0, 0.05) is 12.1 Å². The smallest absolute Gasteiger partial charge is 0.251 e. The summed E-state index contributed by atoms with van der Waals surface area (Å²) in [4.78, 5) is 24.9. The van der Waals surface area contributed by atoms with Gasteiger partial charge in [-0.15, -0.1) is 0 Å². The van der Waals surface area contributed by atoms with Gasteiger partial charge >= 0.3 is 0 Å². The van der Waals surface area contributed by atoms with Crippen molar-refractivity contribution >= 4 is 39.9 Å². The molecule has 0 saturated carbocycles. The van der Waals surface area contributed by atoms with Crippen LogP contribution in [0, 0.1) is 5.92 Å². The molecule has 28 heavy (non-hydrogen) atoms. The monoisotopic (exact) mass is 394 g/mol. The number of amides is 2. The molecular weight excluding hydrogens is 372 g/mol. The number of halogens is 1. The standard InChI is InChI=1S/C23H23ClN2O2/c1-15(2)14-25-23(28)18-10-11-20(24)21(12-18)26-22(27)13-17-8-5-7-16-6-3-4-9-19(16)17/h3-12,15H,13-14H2,1-2H3,(H,25,28)(H,26,27). The van der Waals surface area contributed by atoms with Gasteiger partial charge in [-0.05, 0) is 40.5 Å². The van der Waals surface area contributed by atoms with Crippen molar-refractivity contribution < 1.29 is 9.59 Å². The van der Waals surface area contributed by atoms with Gasteiger partial charge in [0.25, 0.3) is 5.91 Å². The summed E-state index contributed by atoms with van der Waals surface area (Å²) in [7, 11) is 0. The van der Waals surface area contributed by atoms with Gasteiger partial charge in [0.15, 0.2) is 0 Å². The number of anilines is 1. The minimum absolute atomic E-state index is 0.182. The van der Waals surface area contributed by atoms with Gasteiger partial charge in [0.05, 0.1) is 17.1 Å². The molecule has 0 atom stereocenters. The van der Waals surface area contributed by atoms with Crippen molar-refractivity contribution in [3.63, 3.8) is 0 Å². The Labute approximate surface area is 169 Å². The van der Waals surface area contributed by atoms with E-state index in [1.54, 1.807) is 18.2 Å². The van der Waals surface area contributed by atoms with Crippen molar-refractivity contribution in [3.8, 4) is 0 Å². The first kappa shape index (κ1) is 19.9. The largest absolute Gasteiger partial charge is 0.352 e. The average Bonchev–Trinajstić information content (AvgIpc) is 2.68. The zero-order chi connectivity index (χ0) is 20.1. The Bertz CT molecular complexity index is 1010. The molecule has 0 heterocycles. The van der Waals surface area contributed by atoms with Crippen LogP contribution in [0.3, 0.4) is 0 Å². The second-order valence-corrected chi connectivity index (χ2v) is 7.57. The molecule has 2 amide bonds. The molecule has 0 fully saturated rings. The molecule has 2 N–H and O–H groups in total. The molecule has 4 nitrogen and oxygen atoms in total. The predicted octanol–water partition coefficient (Wildman–Crippen LogP) is 5.06. The number of fused-ring (bicyclic) bond motifs is 1. The summed E-state index contributed by atoms with van der Waals surface area (Å²) >= 11 is 6.22. The fourth-order valence-corrected chi connectivity index (χ4v) is 3.14. The van der Waals surface area contributed by atoms with Crippen LogP contribution in [0.2, 0.25) is 5.02 Å². The van der Waals surface area contributed by atoms with E-state index in [1.165, 1.54) is 0 Å². The van der Waals surface area contributed by atoms with Gasteiger partial charge < -0.3 is 10.6 Å². The highest BCUT2D eigenvalue weighted by molar-refractivity contribution is 6.34. The average molecular weight is 395 g/mol. The molecule has 3 aromatic carbocycles. The van der Waals surface area contributed by atoms with E-state index in [2.05, 4.69) is 10.6 Å². The lowest BCUT2D eigenvalue weighted by atomic mass is 10.0. The summed E-state index contributed by atoms with van der Waals surface area (Å²) in [6.07, 6.45) is 0.224. The molecule has 3 rings (SSSR count). The molecule has 0 unspecified atom stereocenters. The zero-order valence-corrected chi connectivity index (χ0v) is 16.7. The van der Waals surface area contributed by atoms with E-state index in [4.69, 9.17) is 11.6 Å². The highest BCUT2D eigenvalue weighted by Crippen LogP contribution is 2.24. The second kappa shape index (κ2) is 8.89. The summed E-state index contributed by atoms with van der Waals surface area (Å²) < 4.78 is 0. The molecule has 0 aliphatic rings. The van der Waals surface area contributed by atoms with Crippen molar-refractivity contribution in [2.45, 2.75) is 20.3 Å². The van der Waals surface area contributed by atoms with Crippen LogP contribution in [0.25, 0.3) is 10.8 Å². The highest BCUT2D eigenvalue weighted by atomic mass is 35.5. The summed E-state index contributed by atoms with van der Waals surface area (Å²) in [5.74, 6) is -0.0102. The first-order valence-electron chi connectivity index (χ1n) is 9.28. The van der Waals surface area contributed by atoms with E-state index in [-0.39, 0.29) is 18.2 Å². The number of carbonyl (C=O) groups is 2. The van der Waals surface area contributed by atoms with E-state index in [1.807, 2.05) is 56.3 Å². The number of nitrogens with one attached hydrogen (secondary N) is 2. The molecule has 0 aliphatic carbocycles. The van der Waals surface area contributed by atoms with Crippen LogP contribution in [0.15, 0.2) is 60.7 Å². The minimum atomic E-state index is -0.185. The van der Waals surface area contributed by atoms with Crippen molar-refractivity contribution in [1.29, 1.82) is 0 Å². The van der Waals surface area contributed by atoms with E-state index in [9.17, 15) is 9.59 Å². The van der Waals surface area contributed by atoms with E-state index in [0.29, 0.717) is 28.7 Å². The molecular formula is C23H23ClN2O2. The Morgan fingerprint density at radius 1 is 1.00 bits per heavy atom. The van der Waals surface area contributed by atoms with Crippen LogP contribution in [-0.2, 0) is 11.2 Å². The van der Waals surface area contributed by atoms with E-state index >= 15 is 0 Å². The van der Waals surface area contributed by atoms with Crippen LogP contribution in [0.4, 0.5) is 5.69 Å². The Morgan fingerprint density at radius 2 is 1.75 bits per heavy atom. The molecule has 5 heteroatoms. The van der Waals surface area contributed by atoms with Crippen LogP contribution < -0.4 is 10.6 Å². The van der Waals surface area contributed by atoms with Gasteiger partial charge in [0.1, 0.15) is 0 Å². The first-order valence-corrected chi connectivity index (χ1v) is 9.66. The summed E-state index contributed by atoms with van der Waals surface area (Å²) in [6.45, 7) is 4.65. The van der Waals surface area contributed by atoms with Crippen molar-refractivity contribution in [1.82, 2.24) is 5.32 Å². The third-order valence-electron chi connectivity index (χ3n) is 4.40. The fourth-order valence-electron chi connectivity index (χ4n) is 2.98. The third-order valence-corrected chi connectivity index (χ3v) is 4.73. The molecule has 0 aromatic heterocycles. The van der Waals surface area contributed by atoms with Crippen molar-refractivity contribution in [2.75, 3.05) is 11.9 Å². The maximum absolute atomic E-state index is 12.6. The highest BCUT2D eigenvalue weighted by Gasteiger charge is 2.13. The fraction of sp³-hybridized carbons (Fsp3) is 0.217. The first-order chi connectivity index (χ1) is 13.4. The topological polar surface area (TPSA) is 58.2 Å². The number of benzene rings is 3. The predicted molar refractivity (Wildman–Crippen MR) is 115 cm³/mol. The Hall–Kier alpha value is -2.85. The second-order valence-electron chi connectivity index (χ2n) is 7.16. The SMILES string of the molecule is CC(C)CNC(=O)c1ccc(Cl)c(NC(=O)Cc2cccc3ccccc23)c1. The van der Waals surface area contributed by atoms with Crippen LogP contribution in [-0.4, -0.2) is 18.4 Å². The number of hydrogen-bond donors (Lipinski definition) is 2. The number of rotatable bonds is 6. The number of carbonyl (C=O) groups excluding carboxylic acids is 2. The van der Waals surface area contributed by atoms with E-state index < -0.39 is 0 Å². The third kappa shape index (κ3) is 4.90. The van der Waals surface area contributed by atoms with Gasteiger partial charge in [-0.3, -0.25) is 9.59 Å². The van der Waals surface area contributed by atoms with Crippen LogP contribution >= 0.6 is 11.6 Å². The minimum Gasteiger partial charge on any atom is -0.352 e. The Kier molecular flexibility index (Phi) is 6.32. The van der Waals surface area contributed by atoms with Crippen molar-refractivity contribution in [3.05, 3.63) is 76.8 Å². The Morgan fingerprint density at radius 3 is 2.54 bits per heavy atom. The molecule has 0 saturated heterocycles. The normalized spacial score (nSPS) is 10.9. The lowest BCUT2D eigenvalue weighted by Crippen LogP contribution is -2.27. The number of hydrogen-bond acceptors (Lipinski definition) is 2. The molecule has 0 radical (unpaired) electrons. The van der Waals surface area contributed by atoms with Gasteiger partial charge in [-0.25, -0.2) is 0 Å². The maximum Gasteiger partial charge on any atom is 0.251 e. The summed E-state index contributed by atoms with van der Waals surface area (Å²) in [6, 6.07) is 18.7. The van der Waals surface area contributed by atoms with Gasteiger partial charge in [0.2, 0.25) is 5.91 Å². The molecule has 0 aliphatic heterocycles. The van der Waals surface area contributed by atoms with Gasteiger partial charge in [-0.2, -0.15) is 0 Å². The lowest BCUT2D eigenvalue weighted by Gasteiger charge is -2.12. The molecule has 0 spiro atoms. The summed E-state index contributed by atoms with van der Waals surface area (Å²) in [5, 5.41) is 8.23. The van der Waals surface area contributed by atoms with Crippen LogP contribution in [0.5, 0.6) is 0 Å². The molecule has 144 valence electrons. The van der Waals surface area contributed by atoms with Gasteiger partial charge in [-0.1, -0.05) is 67.9 Å².